The second-order valence-corrected chi connectivity index (χ2v) is 6.49. The summed E-state index contributed by atoms with van der Waals surface area (Å²) in [6.07, 6.45) is 5.00. The van der Waals surface area contributed by atoms with Crippen molar-refractivity contribution in [1.82, 2.24) is 25.2 Å². The van der Waals surface area contributed by atoms with Crippen LogP contribution in [0.1, 0.15) is 10.4 Å². The molecule has 0 spiro atoms. The van der Waals surface area contributed by atoms with E-state index < -0.39 is 0 Å². The third-order valence-electron chi connectivity index (χ3n) is 4.28. The maximum Gasteiger partial charge on any atom is 0.254 e. The van der Waals surface area contributed by atoms with Crippen molar-refractivity contribution in [1.29, 1.82) is 0 Å². The number of likely N-dealkylation sites (N-methyl/N-ethyl adjacent to an activating group) is 1. The van der Waals surface area contributed by atoms with E-state index in [9.17, 15) is 4.79 Å². The van der Waals surface area contributed by atoms with Gasteiger partial charge >= 0.3 is 0 Å². The number of amides is 1. The number of hydrogen-bond acceptors (Lipinski definition) is 7. The highest BCUT2D eigenvalue weighted by Gasteiger charge is 2.20. The number of carbonyl (C=O) groups is 1. The molecule has 1 N–H and O–H groups in total. The molecule has 1 amide bonds. The van der Waals surface area contributed by atoms with Crippen molar-refractivity contribution in [3.05, 3.63) is 42.4 Å². The van der Waals surface area contributed by atoms with Crippen LogP contribution in [0.2, 0.25) is 0 Å². The van der Waals surface area contributed by atoms with Gasteiger partial charge in [0.05, 0.1) is 5.56 Å². The van der Waals surface area contributed by atoms with E-state index >= 15 is 0 Å². The van der Waals surface area contributed by atoms with Crippen molar-refractivity contribution < 1.29 is 4.79 Å². The molecule has 3 heterocycles. The highest BCUT2D eigenvalue weighted by atomic mass is 16.1. The van der Waals surface area contributed by atoms with E-state index in [0.29, 0.717) is 18.1 Å². The molecule has 1 aliphatic rings. The van der Waals surface area contributed by atoms with Crippen LogP contribution in [0.3, 0.4) is 0 Å². The van der Waals surface area contributed by atoms with Crippen LogP contribution < -0.4 is 15.1 Å². The number of hydrogen-bond donors (Lipinski definition) is 1. The van der Waals surface area contributed by atoms with Crippen LogP contribution in [0.4, 0.5) is 11.8 Å². The molecule has 0 atom stereocenters. The fourth-order valence-electron chi connectivity index (χ4n) is 2.77. The molecular weight excluding hydrogens is 330 g/mol. The van der Waals surface area contributed by atoms with Gasteiger partial charge in [0.2, 0.25) is 5.95 Å². The number of nitrogens with one attached hydrogen (secondary N) is 1. The van der Waals surface area contributed by atoms with Crippen molar-refractivity contribution in [3.63, 3.8) is 0 Å². The average Bonchev–Trinajstić information content (AvgIpc) is 2.68. The fraction of sp³-hybridized carbons (Fsp3) is 0.444. The van der Waals surface area contributed by atoms with E-state index in [-0.39, 0.29) is 5.91 Å². The van der Waals surface area contributed by atoms with E-state index in [1.807, 2.05) is 43.4 Å². The van der Waals surface area contributed by atoms with E-state index in [1.165, 1.54) is 0 Å². The average molecular weight is 355 g/mol. The first-order valence-electron chi connectivity index (χ1n) is 8.79. The van der Waals surface area contributed by atoms with Gasteiger partial charge in [-0.1, -0.05) is 6.07 Å². The molecule has 0 aromatic carbocycles. The minimum atomic E-state index is -0.140. The minimum Gasteiger partial charge on any atom is -0.353 e. The van der Waals surface area contributed by atoms with E-state index in [0.717, 1.165) is 38.5 Å². The number of anilines is 2. The molecule has 1 aliphatic heterocycles. The number of rotatable bonds is 6. The molecule has 0 saturated carbocycles. The van der Waals surface area contributed by atoms with Crippen LogP contribution in [-0.4, -0.2) is 79.1 Å². The van der Waals surface area contributed by atoms with Crippen molar-refractivity contribution in [2.24, 2.45) is 0 Å². The zero-order valence-corrected chi connectivity index (χ0v) is 15.3. The summed E-state index contributed by atoms with van der Waals surface area (Å²) in [6.45, 7) is 4.78. The lowest BCUT2D eigenvalue weighted by Crippen LogP contribution is -2.47. The molecule has 0 bridgehead atoms. The molecule has 8 nitrogen and oxygen atoms in total. The molecular formula is C18H25N7O. The van der Waals surface area contributed by atoms with Gasteiger partial charge in [0, 0.05) is 57.9 Å². The molecule has 138 valence electrons. The van der Waals surface area contributed by atoms with Gasteiger partial charge in [-0.15, -0.1) is 0 Å². The standard InChI is InChI=1S/C18H25N7O/c1-23(2)8-7-20-17(26)15-13-21-18(22-14-15)25-11-9-24(10-12-25)16-5-3-4-6-19-16/h3-6,13-14H,7-12H2,1-2H3,(H,20,26). The molecule has 2 aromatic rings. The number of pyridine rings is 1. The third-order valence-corrected chi connectivity index (χ3v) is 4.28. The summed E-state index contributed by atoms with van der Waals surface area (Å²) < 4.78 is 0. The van der Waals surface area contributed by atoms with Gasteiger partial charge in [0.15, 0.2) is 0 Å². The second-order valence-electron chi connectivity index (χ2n) is 6.49. The van der Waals surface area contributed by atoms with Crippen LogP contribution in [0, 0.1) is 0 Å². The van der Waals surface area contributed by atoms with Gasteiger partial charge in [-0.25, -0.2) is 15.0 Å². The summed E-state index contributed by atoms with van der Waals surface area (Å²) in [7, 11) is 3.94. The van der Waals surface area contributed by atoms with Gasteiger partial charge in [-0.3, -0.25) is 4.79 Å². The van der Waals surface area contributed by atoms with Crippen molar-refractivity contribution in [2.45, 2.75) is 0 Å². The predicted molar refractivity (Wildman–Crippen MR) is 102 cm³/mol. The molecule has 8 heteroatoms. The zero-order chi connectivity index (χ0) is 18.4. The molecule has 26 heavy (non-hydrogen) atoms. The summed E-state index contributed by atoms with van der Waals surface area (Å²) in [5.74, 6) is 1.52. The maximum absolute atomic E-state index is 12.1. The van der Waals surface area contributed by atoms with E-state index in [1.54, 1.807) is 12.4 Å². The Kier molecular flexibility index (Phi) is 5.96. The molecule has 0 aliphatic carbocycles. The first-order chi connectivity index (χ1) is 12.6. The molecule has 3 rings (SSSR count). The molecule has 0 unspecified atom stereocenters. The normalized spacial score (nSPS) is 14.6. The van der Waals surface area contributed by atoms with Gasteiger partial charge < -0.3 is 20.0 Å². The van der Waals surface area contributed by atoms with Crippen LogP contribution >= 0.6 is 0 Å². The molecule has 1 fully saturated rings. The van der Waals surface area contributed by atoms with Gasteiger partial charge in [0.1, 0.15) is 5.82 Å². The largest absolute Gasteiger partial charge is 0.353 e. The van der Waals surface area contributed by atoms with E-state index in [4.69, 9.17) is 0 Å². The summed E-state index contributed by atoms with van der Waals surface area (Å²) >= 11 is 0. The van der Waals surface area contributed by atoms with Crippen molar-refractivity contribution >= 4 is 17.7 Å². The van der Waals surface area contributed by atoms with E-state index in [2.05, 4.69) is 30.1 Å². The monoisotopic (exact) mass is 355 g/mol. The van der Waals surface area contributed by atoms with Crippen LogP contribution in [-0.2, 0) is 0 Å². The topological polar surface area (TPSA) is 77.5 Å². The smallest absolute Gasteiger partial charge is 0.254 e. The first-order valence-corrected chi connectivity index (χ1v) is 8.79. The van der Waals surface area contributed by atoms with Crippen LogP contribution in [0.5, 0.6) is 0 Å². The van der Waals surface area contributed by atoms with Gasteiger partial charge in [0.25, 0.3) is 5.91 Å². The lowest BCUT2D eigenvalue weighted by Gasteiger charge is -2.35. The van der Waals surface area contributed by atoms with Crippen LogP contribution in [0.25, 0.3) is 0 Å². The summed E-state index contributed by atoms with van der Waals surface area (Å²) in [6, 6.07) is 5.95. The number of aromatic nitrogens is 3. The maximum atomic E-state index is 12.1. The Morgan fingerprint density at radius 3 is 2.38 bits per heavy atom. The van der Waals surface area contributed by atoms with Gasteiger partial charge in [-0.05, 0) is 26.2 Å². The number of nitrogens with zero attached hydrogens (tertiary/aromatic N) is 6. The highest BCUT2D eigenvalue weighted by Crippen LogP contribution is 2.15. The van der Waals surface area contributed by atoms with Gasteiger partial charge in [-0.2, -0.15) is 0 Å². The summed E-state index contributed by atoms with van der Waals surface area (Å²) in [5.41, 5.74) is 0.486. The quantitative estimate of drug-likeness (QED) is 0.808. The van der Waals surface area contributed by atoms with Crippen molar-refractivity contribution in [2.75, 3.05) is 63.2 Å². The Balaban J connectivity index is 1.52. The number of piperazine rings is 1. The Hall–Kier alpha value is -2.74. The highest BCUT2D eigenvalue weighted by molar-refractivity contribution is 5.93. The lowest BCUT2D eigenvalue weighted by atomic mass is 10.3. The molecule has 1 saturated heterocycles. The zero-order valence-electron chi connectivity index (χ0n) is 15.3. The Labute approximate surface area is 153 Å². The second kappa shape index (κ2) is 8.57. The Morgan fingerprint density at radius 2 is 1.77 bits per heavy atom. The Morgan fingerprint density at radius 1 is 1.08 bits per heavy atom. The fourth-order valence-corrected chi connectivity index (χ4v) is 2.77. The minimum absolute atomic E-state index is 0.140. The van der Waals surface area contributed by atoms with Crippen molar-refractivity contribution in [3.8, 4) is 0 Å². The predicted octanol–water partition coefficient (Wildman–Crippen LogP) is 0.490. The summed E-state index contributed by atoms with van der Waals surface area (Å²) in [5, 5.41) is 2.87. The Bertz CT molecular complexity index is 697. The lowest BCUT2D eigenvalue weighted by molar-refractivity contribution is 0.0950. The molecule has 2 aromatic heterocycles. The number of carbonyl (C=O) groups excluding carboxylic acids is 1. The molecule has 0 radical (unpaired) electrons. The third kappa shape index (κ3) is 4.66. The SMILES string of the molecule is CN(C)CCNC(=O)c1cnc(N2CCN(c3ccccn3)CC2)nc1. The first kappa shape index (κ1) is 18.1. The summed E-state index contributed by atoms with van der Waals surface area (Å²) in [4.78, 5) is 31.6. The van der Waals surface area contributed by atoms with Crippen LogP contribution in [0.15, 0.2) is 36.8 Å².